The molecule has 0 atom stereocenters. The zero-order valence-electron chi connectivity index (χ0n) is 35.2. The fraction of sp³-hybridized carbons (Fsp3) is 0.294. The fourth-order valence-corrected chi connectivity index (χ4v) is 8.95. The van der Waals surface area contributed by atoms with Gasteiger partial charge in [-0.1, -0.05) is 149 Å². The Morgan fingerprint density at radius 3 is 1.69 bits per heavy atom. The molecular weight excluding hydrogens is 669 g/mol. The molecule has 4 heteroatoms. The van der Waals surface area contributed by atoms with Crippen LogP contribution in [0.2, 0.25) is 0 Å². The van der Waals surface area contributed by atoms with Gasteiger partial charge < -0.3 is 14.4 Å². The van der Waals surface area contributed by atoms with Crippen molar-refractivity contribution in [1.82, 2.24) is 0 Å². The number of hydrogen-bond donors (Lipinski definition) is 0. The van der Waals surface area contributed by atoms with Gasteiger partial charge in [-0.3, -0.25) is 0 Å². The van der Waals surface area contributed by atoms with Crippen LogP contribution in [0.25, 0.3) is 11.1 Å². The van der Waals surface area contributed by atoms with Crippen molar-refractivity contribution >= 4 is 40.2 Å². The molecule has 0 radical (unpaired) electrons. The van der Waals surface area contributed by atoms with Crippen LogP contribution in [-0.4, -0.2) is 6.71 Å². The van der Waals surface area contributed by atoms with Crippen molar-refractivity contribution in [2.75, 3.05) is 4.90 Å². The Labute approximate surface area is 329 Å². The van der Waals surface area contributed by atoms with Gasteiger partial charge in [0, 0.05) is 27.8 Å². The topological polar surface area (TPSA) is 21.7 Å². The molecule has 0 saturated carbocycles. The van der Waals surface area contributed by atoms with Crippen molar-refractivity contribution in [3.8, 4) is 34.1 Å². The lowest BCUT2D eigenvalue weighted by Crippen LogP contribution is -2.58. The summed E-state index contributed by atoms with van der Waals surface area (Å²) in [6.45, 7) is 24.9. The van der Waals surface area contributed by atoms with E-state index in [0.29, 0.717) is 17.5 Å². The predicted molar refractivity (Wildman–Crippen MR) is 232 cm³/mol. The Morgan fingerprint density at radius 2 is 1.11 bits per heavy atom. The van der Waals surface area contributed by atoms with Crippen molar-refractivity contribution in [3.05, 3.63) is 143 Å². The minimum atomic E-state index is -0.275. The number of hydrogen-bond acceptors (Lipinski definition) is 3. The Hall–Kier alpha value is -5.22. The van der Waals surface area contributed by atoms with Gasteiger partial charge in [0.1, 0.15) is 23.0 Å². The molecule has 0 aromatic heterocycles. The van der Waals surface area contributed by atoms with E-state index in [-0.39, 0.29) is 28.4 Å². The second-order valence-corrected chi connectivity index (χ2v) is 19.4. The highest BCUT2D eigenvalue weighted by atomic mass is 16.5. The standard InChI is InChI=1S/C51H52BNO2/c1-48(2,3)31-19-24-34(25-20-31)53(35-26-21-32(22-27-35)49(4,5)6)46-44-36-15-12-13-16-37(36)51(10,11)38(44)30-40-47(46)55-43-18-14-17-42-45(43)52(40)39-29-33(50(7,8)9)23-28-41(39)54-42/h12-30H,1-11H3/i14D. The van der Waals surface area contributed by atoms with Crippen LogP contribution in [0.1, 0.15) is 105 Å². The zero-order valence-corrected chi connectivity index (χ0v) is 34.2. The predicted octanol–water partition coefficient (Wildman–Crippen LogP) is 12.1. The molecule has 3 aliphatic rings. The van der Waals surface area contributed by atoms with E-state index in [1.54, 1.807) is 0 Å². The van der Waals surface area contributed by atoms with Crippen molar-refractivity contribution in [2.24, 2.45) is 0 Å². The smallest absolute Gasteiger partial charge is 0.260 e. The second-order valence-electron chi connectivity index (χ2n) is 19.4. The maximum Gasteiger partial charge on any atom is 0.260 e. The maximum absolute atomic E-state index is 8.90. The molecular formula is C51H52BNO2. The molecule has 0 N–H and O–H groups in total. The van der Waals surface area contributed by atoms with Crippen LogP contribution in [0.4, 0.5) is 17.1 Å². The molecule has 9 rings (SSSR count). The molecule has 55 heavy (non-hydrogen) atoms. The van der Waals surface area contributed by atoms with Gasteiger partial charge in [0.05, 0.1) is 7.06 Å². The van der Waals surface area contributed by atoms with Gasteiger partial charge in [0.15, 0.2) is 0 Å². The summed E-state index contributed by atoms with van der Waals surface area (Å²) in [5.41, 5.74) is 14.9. The van der Waals surface area contributed by atoms with Gasteiger partial charge in [-0.25, -0.2) is 0 Å². The average Bonchev–Trinajstić information content (AvgIpc) is 3.36. The summed E-state index contributed by atoms with van der Waals surface area (Å²) >= 11 is 0. The number of benzene rings is 6. The Morgan fingerprint density at radius 1 is 0.564 bits per heavy atom. The molecule has 0 fully saturated rings. The molecule has 276 valence electrons. The second kappa shape index (κ2) is 11.9. The largest absolute Gasteiger partial charge is 0.458 e. The summed E-state index contributed by atoms with van der Waals surface area (Å²) in [6, 6.07) is 40.2. The summed E-state index contributed by atoms with van der Waals surface area (Å²) in [6.07, 6.45) is 0. The highest BCUT2D eigenvalue weighted by Gasteiger charge is 2.47. The van der Waals surface area contributed by atoms with Gasteiger partial charge in [-0.05, 0) is 103 Å². The van der Waals surface area contributed by atoms with Crippen LogP contribution < -0.4 is 30.8 Å². The molecule has 0 spiro atoms. The third-order valence-electron chi connectivity index (χ3n) is 12.2. The molecule has 6 aromatic carbocycles. The van der Waals surface area contributed by atoms with Gasteiger partial charge >= 0.3 is 0 Å². The highest BCUT2D eigenvalue weighted by molar-refractivity contribution is 6.98. The van der Waals surface area contributed by atoms with E-state index in [2.05, 4.69) is 178 Å². The van der Waals surface area contributed by atoms with E-state index in [0.717, 1.165) is 44.9 Å². The van der Waals surface area contributed by atoms with E-state index in [1.165, 1.54) is 38.9 Å². The molecule has 1 aliphatic carbocycles. The first-order chi connectivity index (χ1) is 26.3. The Kier molecular flexibility index (Phi) is 7.41. The minimum absolute atomic E-state index is 0.00862. The summed E-state index contributed by atoms with van der Waals surface area (Å²) in [4.78, 5) is 2.43. The maximum atomic E-state index is 8.90. The number of fused-ring (bicyclic) bond motifs is 7. The van der Waals surface area contributed by atoms with Gasteiger partial charge in [0.25, 0.3) is 6.71 Å². The van der Waals surface area contributed by atoms with E-state index < -0.39 is 0 Å². The normalized spacial score (nSPS) is 15.1. The van der Waals surface area contributed by atoms with Crippen LogP contribution in [-0.2, 0) is 21.7 Å². The van der Waals surface area contributed by atoms with Gasteiger partial charge in [0.2, 0.25) is 0 Å². The lowest BCUT2D eigenvalue weighted by atomic mass is 9.34. The summed E-state index contributed by atoms with van der Waals surface area (Å²) < 4.78 is 22.9. The first-order valence-corrected chi connectivity index (χ1v) is 19.8. The van der Waals surface area contributed by atoms with Gasteiger partial charge in [-0.15, -0.1) is 0 Å². The van der Waals surface area contributed by atoms with E-state index in [4.69, 9.17) is 10.8 Å². The Bertz CT molecular complexity index is 2510. The number of nitrogens with zero attached hydrogens (tertiary/aromatic N) is 1. The molecule has 3 nitrogen and oxygen atoms in total. The molecule has 0 bridgehead atoms. The molecule has 0 unspecified atom stereocenters. The molecule has 0 amide bonds. The molecule has 0 saturated heterocycles. The first kappa shape index (κ1) is 34.3. The third kappa shape index (κ3) is 5.54. The first-order valence-electron chi connectivity index (χ1n) is 20.3. The number of rotatable bonds is 3. The number of anilines is 3. The SMILES string of the molecule is [2H]c1cc2c3c(c1)Oc1c(cc4c(c1N(c1ccc(C(C)(C)C)cc1)c1ccc(C(C)(C)C)cc1)-c1ccccc1C4(C)C)B3c1cc(C(C)(C)C)ccc1O2. The highest BCUT2D eigenvalue weighted by Crippen LogP contribution is 2.58. The van der Waals surface area contributed by atoms with Crippen LogP contribution in [0.15, 0.2) is 115 Å². The molecule has 2 aliphatic heterocycles. The average molecular weight is 723 g/mol. The summed E-state index contributed by atoms with van der Waals surface area (Å²) in [7, 11) is 0. The lowest BCUT2D eigenvalue weighted by molar-refractivity contribution is 0.464. The van der Waals surface area contributed by atoms with Crippen LogP contribution in [0.5, 0.6) is 23.0 Å². The van der Waals surface area contributed by atoms with Crippen molar-refractivity contribution in [3.63, 3.8) is 0 Å². The van der Waals surface area contributed by atoms with Crippen LogP contribution in [0, 0.1) is 0 Å². The van der Waals surface area contributed by atoms with Crippen LogP contribution in [0.3, 0.4) is 0 Å². The Balaban J connectivity index is 1.41. The van der Waals surface area contributed by atoms with Crippen molar-refractivity contribution in [1.29, 1.82) is 0 Å². The van der Waals surface area contributed by atoms with E-state index in [1.807, 2.05) is 12.1 Å². The number of ether oxygens (including phenoxy) is 2. The lowest BCUT2D eigenvalue weighted by Gasteiger charge is -2.38. The minimum Gasteiger partial charge on any atom is -0.458 e. The molecule has 2 heterocycles. The monoisotopic (exact) mass is 722 g/mol. The fourth-order valence-electron chi connectivity index (χ4n) is 8.95. The van der Waals surface area contributed by atoms with Crippen molar-refractivity contribution < 1.29 is 10.8 Å². The molecule has 6 aromatic rings. The summed E-state index contributed by atoms with van der Waals surface area (Å²) in [5, 5.41) is 0. The quantitative estimate of drug-likeness (QED) is 0.170. The zero-order chi connectivity index (χ0) is 39.7. The third-order valence-corrected chi connectivity index (χ3v) is 12.2. The van der Waals surface area contributed by atoms with Crippen molar-refractivity contribution in [2.45, 2.75) is 97.8 Å². The van der Waals surface area contributed by atoms with E-state index >= 15 is 0 Å². The summed E-state index contributed by atoms with van der Waals surface area (Å²) in [5.74, 6) is 3.02. The van der Waals surface area contributed by atoms with Gasteiger partial charge in [-0.2, -0.15) is 0 Å². The van der Waals surface area contributed by atoms with Crippen LogP contribution >= 0.6 is 0 Å². The van der Waals surface area contributed by atoms with E-state index in [9.17, 15) is 0 Å².